The molecule has 3 aromatic rings. The highest BCUT2D eigenvalue weighted by Crippen LogP contribution is 2.51. The minimum absolute atomic E-state index is 0.0235. The number of nitrogens with two attached hydrogens (primary N) is 1. The van der Waals surface area contributed by atoms with Crippen molar-refractivity contribution in [3.8, 4) is 0 Å². The second-order valence-electron chi connectivity index (χ2n) is 8.75. The van der Waals surface area contributed by atoms with Gasteiger partial charge in [-0.05, 0) is 48.2 Å². The summed E-state index contributed by atoms with van der Waals surface area (Å²) in [5, 5.41) is 3.16. The fourth-order valence-corrected chi connectivity index (χ4v) is 5.02. The Kier molecular flexibility index (Phi) is 3.01. The number of anilines is 1. The first-order chi connectivity index (χ1) is 13.6. The van der Waals surface area contributed by atoms with E-state index < -0.39 is 5.54 Å². The number of nitrogen functional groups attached to an aromatic ring is 1. The molecule has 6 rings (SSSR count). The van der Waals surface area contributed by atoms with Gasteiger partial charge in [-0.3, -0.25) is 0 Å². The first-order valence-electron chi connectivity index (χ1n) is 9.94. The molecular formula is C22H23N5O. The van der Waals surface area contributed by atoms with Crippen LogP contribution in [-0.4, -0.2) is 33.4 Å². The molecule has 1 aromatic carbocycles. The average Bonchev–Trinajstić information content (AvgIpc) is 3.14. The predicted octanol–water partition coefficient (Wildman–Crippen LogP) is 2.72. The van der Waals surface area contributed by atoms with Crippen molar-refractivity contribution in [2.24, 2.45) is 5.41 Å². The molecule has 142 valence electrons. The van der Waals surface area contributed by atoms with E-state index >= 15 is 0 Å². The van der Waals surface area contributed by atoms with Crippen LogP contribution in [0, 0.1) is 5.41 Å². The van der Waals surface area contributed by atoms with Crippen molar-refractivity contribution < 1.29 is 4.79 Å². The van der Waals surface area contributed by atoms with Crippen LogP contribution in [0.5, 0.6) is 0 Å². The highest BCUT2D eigenvalue weighted by molar-refractivity contribution is 5.77. The fourth-order valence-electron chi connectivity index (χ4n) is 5.02. The largest absolute Gasteiger partial charge is 0.399 e. The Morgan fingerprint density at radius 1 is 1.11 bits per heavy atom. The van der Waals surface area contributed by atoms with Crippen molar-refractivity contribution in [3.05, 3.63) is 65.6 Å². The number of urea groups is 1. The number of aromatic nitrogens is 2. The molecule has 2 fully saturated rings. The molecule has 3 heterocycles. The molecule has 3 aliphatic rings. The van der Waals surface area contributed by atoms with Gasteiger partial charge in [0.05, 0.1) is 11.2 Å². The van der Waals surface area contributed by atoms with Gasteiger partial charge in [0, 0.05) is 49.4 Å². The molecule has 1 saturated heterocycles. The second kappa shape index (κ2) is 5.28. The lowest BCUT2D eigenvalue weighted by atomic mass is 9.87. The molecule has 3 N–H and O–H groups in total. The Balaban J connectivity index is 1.52. The Morgan fingerprint density at radius 2 is 1.96 bits per heavy atom. The molecule has 2 aliphatic carbocycles. The molecule has 2 aromatic heterocycles. The minimum Gasteiger partial charge on any atom is -0.399 e. The van der Waals surface area contributed by atoms with E-state index in [4.69, 9.17) is 10.7 Å². The van der Waals surface area contributed by atoms with Gasteiger partial charge >= 0.3 is 6.03 Å². The van der Waals surface area contributed by atoms with Crippen LogP contribution in [-0.2, 0) is 18.4 Å². The van der Waals surface area contributed by atoms with Crippen LogP contribution in [0.3, 0.4) is 0 Å². The van der Waals surface area contributed by atoms with E-state index in [-0.39, 0.29) is 11.4 Å². The lowest BCUT2D eigenvalue weighted by Gasteiger charge is -2.45. The molecule has 2 amide bonds. The van der Waals surface area contributed by atoms with Crippen LogP contribution >= 0.6 is 0 Å². The lowest BCUT2D eigenvalue weighted by Crippen LogP contribution is -2.61. The van der Waals surface area contributed by atoms with E-state index in [2.05, 4.69) is 28.5 Å². The Morgan fingerprint density at radius 3 is 2.79 bits per heavy atom. The Bertz CT molecular complexity index is 1080. The first kappa shape index (κ1) is 16.0. The van der Waals surface area contributed by atoms with Crippen molar-refractivity contribution in [2.45, 2.75) is 31.2 Å². The van der Waals surface area contributed by atoms with Gasteiger partial charge in [-0.25, -0.2) is 9.78 Å². The topological polar surface area (TPSA) is 75.7 Å². The average molecular weight is 373 g/mol. The molecule has 0 radical (unpaired) electrons. The molecule has 6 heteroatoms. The number of carbonyl (C=O) groups excluding carboxylic acids is 1. The van der Waals surface area contributed by atoms with E-state index in [1.807, 2.05) is 34.9 Å². The number of hydrogen-bond donors (Lipinski definition) is 2. The predicted molar refractivity (Wildman–Crippen MR) is 107 cm³/mol. The number of carbonyl (C=O) groups is 1. The summed E-state index contributed by atoms with van der Waals surface area (Å²) in [5.41, 5.74) is 11.0. The highest BCUT2D eigenvalue weighted by Gasteiger charge is 2.55. The van der Waals surface area contributed by atoms with E-state index in [0.717, 1.165) is 43.0 Å². The van der Waals surface area contributed by atoms with Crippen LogP contribution in [0.4, 0.5) is 10.5 Å². The normalized spacial score (nSPS) is 25.1. The van der Waals surface area contributed by atoms with Crippen molar-refractivity contribution in [2.75, 3.05) is 18.8 Å². The van der Waals surface area contributed by atoms with Gasteiger partial charge in [0.15, 0.2) is 0 Å². The highest BCUT2D eigenvalue weighted by atomic mass is 16.2. The lowest BCUT2D eigenvalue weighted by molar-refractivity contribution is 0.0752. The quantitative estimate of drug-likeness (QED) is 0.678. The summed E-state index contributed by atoms with van der Waals surface area (Å²) in [6, 6.07) is 12.2. The minimum atomic E-state index is -0.470. The number of benzene rings is 1. The summed E-state index contributed by atoms with van der Waals surface area (Å²) >= 11 is 0. The smallest absolute Gasteiger partial charge is 0.318 e. The maximum atomic E-state index is 13.1. The Labute approximate surface area is 163 Å². The Hall–Kier alpha value is -3.02. The number of fused-ring (bicyclic) bond motifs is 2. The number of nitrogens with zero attached hydrogens (tertiary/aromatic N) is 3. The summed E-state index contributed by atoms with van der Waals surface area (Å²) in [6.45, 7) is 1.60. The molecular weight excluding hydrogens is 350 g/mol. The van der Waals surface area contributed by atoms with Crippen LogP contribution in [0.25, 0.3) is 5.65 Å². The first-order valence-corrected chi connectivity index (χ1v) is 9.94. The van der Waals surface area contributed by atoms with E-state index in [1.54, 1.807) is 0 Å². The number of nitrogens with one attached hydrogen (secondary N) is 1. The van der Waals surface area contributed by atoms with Gasteiger partial charge < -0.3 is 20.4 Å². The van der Waals surface area contributed by atoms with Gasteiger partial charge in [0.25, 0.3) is 0 Å². The summed E-state index contributed by atoms with van der Waals surface area (Å²) in [7, 11) is 0. The molecule has 1 atom stereocenters. The zero-order valence-corrected chi connectivity index (χ0v) is 15.7. The zero-order chi connectivity index (χ0) is 18.9. The number of hydrogen-bond acceptors (Lipinski definition) is 3. The second-order valence-corrected chi connectivity index (χ2v) is 8.75. The number of rotatable bonds is 2. The molecule has 1 saturated carbocycles. The van der Waals surface area contributed by atoms with E-state index in [9.17, 15) is 4.79 Å². The van der Waals surface area contributed by atoms with Gasteiger partial charge in [0.2, 0.25) is 0 Å². The SMILES string of the molecule is Nc1ccc2c(c1)CC(c1cn3ccccc3n1)(N1CC3(CC3)CNC1=O)C2. The number of amides is 2. The number of imidazole rings is 1. The molecule has 28 heavy (non-hydrogen) atoms. The third-order valence-electron chi connectivity index (χ3n) is 6.86. The zero-order valence-electron chi connectivity index (χ0n) is 15.7. The van der Waals surface area contributed by atoms with Crippen LogP contribution < -0.4 is 11.1 Å². The third kappa shape index (κ3) is 2.20. The molecule has 0 bridgehead atoms. The van der Waals surface area contributed by atoms with Crippen molar-refractivity contribution >= 4 is 17.4 Å². The van der Waals surface area contributed by atoms with Gasteiger partial charge in [-0.2, -0.15) is 0 Å². The molecule has 1 aliphatic heterocycles. The fraction of sp³-hybridized carbons (Fsp3) is 0.364. The van der Waals surface area contributed by atoms with Crippen LogP contribution in [0.2, 0.25) is 0 Å². The van der Waals surface area contributed by atoms with Crippen molar-refractivity contribution in [1.82, 2.24) is 19.6 Å². The van der Waals surface area contributed by atoms with E-state index in [1.165, 1.54) is 24.0 Å². The van der Waals surface area contributed by atoms with Crippen LogP contribution in [0.1, 0.15) is 29.7 Å². The summed E-state index contributed by atoms with van der Waals surface area (Å²) in [6.07, 6.45) is 8.00. The summed E-state index contributed by atoms with van der Waals surface area (Å²) in [5.74, 6) is 0. The maximum absolute atomic E-state index is 13.1. The molecule has 6 nitrogen and oxygen atoms in total. The third-order valence-corrected chi connectivity index (χ3v) is 6.86. The van der Waals surface area contributed by atoms with Gasteiger partial charge in [0.1, 0.15) is 5.65 Å². The monoisotopic (exact) mass is 373 g/mol. The van der Waals surface area contributed by atoms with Crippen molar-refractivity contribution in [3.63, 3.8) is 0 Å². The van der Waals surface area contributed by atoms with Gasteiger partial charge in [-0.1, -0.05) is 12.1 Å². The van der Waals surface area contributed by atoms with E-state index in [0.29, 0.717) is 0 Å². The van der Waals surface area contributed by atoms with Gasteiger partial charge in [-0.15, -0.1) is 0 Å². The number of pyridine rings is 1. The maximum Gasteiger partial charge on any atom is 0.318 e. The summed E-state index contributed by atoms with van der Waals surface area (Å²) < 4.78 is 2.04. The standard InChI is InChI=1S/C22H23N5O/c23-17-5-4-15-10-22(11-16(15)9-17,18-12-26-8-2-1-3-19(26)25-18)27-14-21(6-7-21)13-24-20(27)28/h1-5,8-9,12H,6-7,10-11,13-14,23H2,(H,24,28). The van der Waals surface area contributed by atoms with Crippen molar-refractivity contribution in [1.29, 1.82) is 0 Å². The van der Waals surface area contributed by atoms with Crippen LogP contribution in [0.15, 0.2) is 48.8 Å². The molecule has 1 spiro atoms. The summed E-state index contributed by atoms with van der Waals surface area (Å²) in [4.78, 5) is 20.1. The molecule has 1 unspecified atom stereocenters.